The van der Waals surface area contributed by atoms with Gasteiger partial charge in [-0.1, -0.05) is 80.4 Å². The van der Waals surface area contributed by atoms with Gasteiger partial charge in [0.1, 0.15) is 23.0 Å². The Bertz CT molecular complexity index is 1500. The molecule has 0 fully saturated rings. The zero-order valence-electron chi connectivity index (χ0n) is 21.0. The maximum atomic E-state index is 6.92. The van der Waals surface area contributed by atoms with Crippen molar-refractivity contribution in [2.75, 3.05) is 14.2 Å². The molecule has 4 aromatic rings. The van der Waals surface area contributed by atoms with Gasteiger partial charge in [0.05, 0.1) is 20.1 Å². The van der Waals surface area contributed by atoms with Gasteiger partial charge in [0, 0.05) is 31.6 Å². The van der Waals surface area contributed by atoms with Crippen LogP contribution in [0.2, 0.25) is 0 Å². The van der Waals surface area contributed by atoms with Gasteiger partial charge in [0.15, 0.2) is 0 Å². The SMILES string of the molecule is COc1cccc2c1C[C@@H]1C(/C=C/c3ccc(Br)cc3)c3c(OC)cccc3O[C@]1(c1ccc(Br)cc1)O2. The van der Waals surface area contributed by atoms with Crippen molar-refractivity contribution in [2.45, 2.75) is 18.1 Å². The Morgan fingerprint density at radius 2 is 1.37 bits per heavy atom. The molecule has 0 radical (unpaired) electrons. The average Bonchev–Trinajstić information content (AvgIpc) is 2.94. The molecule has 0 N–H and O–H groups in total. The van der Waals surface area contributed by atoms with Crippen molar-refractivity contribution < 1.29 is 18.9 Å². The van der Waals surface area contributed by atoms with Gasteiger partial charge in [-0.3, -0.25) is 0 Å². The first-order valence-electron chi connectivity index (χ1n) is 12.4. The molecule has 4 nitrogen and oxygen atoms in total. The molecule has 2 aliphatic heterocycles. The van der Waals surface area contributed by atoms with E-state index in [1.807, 2.05) is 48.5 Å². The normalized spacial score (nSPS) is 21.5. The first-order valence-corrected chi connectivity index (χ1v) is 14.0. The molecule has 0 saturated heterocycles. The van der Waals surface area contributed by atoms with E-state index in [0.29, 0.717) is 6.42 Å². The van der Waals surface area contributed by atoms with Gasteiger partial charge in [-0.25, -0.2) is 0 Å². The van der Waals surface area contributed by atoms with E-state index in [4.69, 9.17) is 18.9 Å². The third-order valence-corrected chi connectivity index (χ3v) is 8.43. The number of hydrogen-bond donors (Lipinski definition) is 0. The van der Waals surface area contributed by atoms with Crippen molar-refractivity contribution in [1.29, 1.82) is 0 Å². The summed E-state index contributed by atoms with van der Waals surface area (Å²) in [6.45, 7) is 0. The summed E-state index contributed by atoms with van der Waals surface area (Å²) in [6.07, 6.45) is 5.13. The van der Waals surface area contributed by atoms with Gasteiger partial charge in [-0.05, 0) is 60.5 Å². The highest BCUT2D eigenvalue weighted by Crippen LogP contribution is 2.58. The molecule has 6 rings (SSSR count). The van der Waals surface area contributed by atoms with E-state index in [9.17, 15) is 0 Å². The lowest BCUT2D eigenvalue weighted by molar-refractivity contribution is -0.188. The Morgan fingerprint density at radius 1 is 0.763 bits per heavy atom. The largest absolute Gasteiger partial charge is 0.496 e. The van der Waals surface area contributed by atoms with Crippen molar-refractivity contribution in [2.24, 2.45) is 5.92 Å². The molecule has 0 bridgehead atoms. The van der Waals surface area contributed by atoms with E-state index in [2.05, 4.69) is 80.4 Å². The summed E-state index contributed by atoms with van der Waals surface area (Å²) in [5.41, 5.74) is 4.12. The van der Waals surface area contributed by atoms with Crippen LogP contribution in [0.3, 0.4) is 0 Å². The number of rotatable bonds is 5. The van der Waals surface area contributed by atoms with Crippen LogP contribution >= 0.6 is 31.9 Å². The van der Waals surface area contributed by atoms with Gasteiger partial charge < -0.3 is 18.9 Å². The van der Waals surface area contributed by atoms with E-state index in [1.165, 1.54) is 0 Å². The van der Waals surface area contributed by atoms with E-state index in [-0.39, 0.29) is 11.8 Å². The summed E-state index contributed by atoms with van der Waals surface area (Å²) < 4.78 is 27.5. The lowest BCUT2D eigenvalue weighted by Gasteiger charge is -2.50. The second-order valence-electron chi connectivity index (χ2n) is 9.43. The van der Waals surface area contributed by atoms with E-state index in [1.54, 1.807) is 14.2 Å². The predicted octanol–water partition coefficient (Wildman–Crippen LogP) is 8.52. The number of halogens is 2. The molecule has 0 saturated carbocycles. The smallest absolute Gasteiger partial charge is 0.282 e. The summed E-state index contributed by atoms with van der Waals surface area (Å²) in [7, 11) is 3.41. The van der Waals surface area contributed by atoms with Crippen LogP contribution in [0.5, 0.6) is 23.0 Å². The minimum atomic E-state index is -1.05. The van der Waals surface area contributed by atoms with Crippen LogP contribution in [0.4, 0.5) is 0 Å². The highest BCUT2D eigenvalue weighted by molar-refractivity contribution is 9.10. The predicted molar refractivity (Wildman–Crippen MR) is 156 cm³/mol. The first-order chi connectivity index (χ1) is 18.5. The van der Waals surface area contributed by atoms with Gasteiger partial charge in [0.2, 0.25) is 0 Å². The number of ether oxygens (including phenoxy) is 4. The second kappa shape index (κ2) is 10.2. The van der Waals surface area contributed by atoms with Crippen molar-refractivity contribution >= 4 is 37.9 Å². The molecule has 1 unspecified atom stereocenters. The zero-order chi connectivity index (χ0) is 26.3. The van der Waals surface area contributed by atoms with Crippen molar-refractivity contribution in [1.82, 2.24) is 0 Å². The maximum absolute atomic E-state index is 6.92. The molecule has 3 atom stereocenters. The van der Waals surface area contributed by atoms with Crippen LogP contribution in [-0.2, 0) is 12.2 Å². The number of fused-ring (bicyclic) bond motifs is 3. The van der Waals surface area contributed by atoms with Crippen LogP contribution in [0, 0.1) is 5.92 Å². The van der Waals surface area contributed by atoms with Crippen LogP contribution < -0.4 is 18.9 Å². The highest BCUT2D eigenvalue weighted by Gasteiger charge is 2.56. The van der Waals surface area contributed by atoms with Crippen LogP contribution in [0.15, 0.2) is 100.0 Å². The molecule has 4 aromatic carbocycles. The van der Waals surface area contributed by atoms with Crippen LogP contribution in [0.1, 0.15) is 28.2 Å². The Hall–Kier alpha value is -3.22. The summed E-state index contributed by atoms with van der Waals surface area (Å²) in [5.74, 6) is 1.90. The quantitative estimate of drug-likeness (QED) is 0.221. The maximum Gasteiger partial charge on any atom is 0.282 e. The molecule has 0 amide bonds. The molecule has 38 heavy (non-hydrogen) atoms. The lowest BCUT2D eigenvalue weighted by atomic mass is 9.70. The number of methoxy groups -OCH3 is 2. The number of allylic oxidation sites excluding steroid dienone is 1. The van der Waals surface area contributed by atoms with Crippen molar-refractivity contribution in [3.05, 3.63) is 122 Å². The number of benzene rings is 4. The Morgan fingerprint density at radius 3 is 2.05 bits per heavy atom. The first kappa shape index (κ1) is 25.1. The Kier molecular flexibility index (Phi) is 6.70. The van der Waals surface area contributed by atoms with Crippen LogP contribution in [-0.4, -0.2) is 14.2 Å². The molecule has 0 aromatic heterocycles. The molecule has 0 spiro atoms. The van der Waals surface area contributed by atoms with Gasteiger partial charge in [0.25, 0.3) is 5.79 Å². The summed E-state index contributed by atoms with van der Waals surface area (Å²) in [4.78, 5) is 0. The summed E-state index contributed by atoms with van der Waals surface area (Å²) in [6, 6.07) is 28.4. The van der Waals surface area contributed by atoms with E-state index in [0.717, 1.165) is 54.2 Å². The topological polar surface area (TPSA) is 36.9 Å². The zero-order valence-corrected chi connectivity index (χ0v) is 24.2. The fourth-order valence-electron chi connectivity index (χ4n) is 5.60. The molecule has 0 aliphatic carbocycles. The number of hydrogen-bond acceptors (Lipinski definition) is 4. The fourth-order valence-corrected chi connectivity index (χ4v) is 6.13. The van der Waals surface area contributed by atoms with Gasteiger partial charge in [-0.2, -0.15) is 0 Å². The summed E-state index contributed by atoms with van der Waals surface area (Å²) in [5, 5.41) is 0. The van der Waals surface area contributed by atoms with Crippen LogP contribution in [0.25, 0.3) is 6.08 Å². The monoisotopic (exact) mass is 632 g/mol. The van der Waals surface area contributed by atoms with E-state index >= 15 is 0 Å². The molecular weight excluding hydrogens is 608 g/mol. The highest BCUT2D eigenvalue weighted by atomic mass is 79.9. The van der Waals surface area contributed by atoms with Crippen molar-refractivity contribution in [3.63, 3.8) is 0 Å². The summed E-state index contributed by atoms with van der Waals surface area (Å²) >= 11 is 7.12. The average molecular weight is 634 g/mol. The second-order valence-corrected chi connectivity index (χ2v) is 11.3. The Labute approximate surface area is 239 Å². The molecule has 2 aliphatic rings. The molecular formula is C32H26Br2O4. The molecule has 2 heterocycles. The van der Waals surface area contributed by atoms with Gasteiger partial charge in [-0.15, -0.1) is 0 Å². The lowest BCUT2D eigenvalue weighted by Crippen LogP contribution is -2.54. The van der Waals surface area contributed by atoms with E-state index < -0.39 is 5.79 Å². The standard InChI is InChI=1S/C32H26Br2O4/c1-35-27-5-3-6-28-25(27)19-26-24(18-11-20-9-14-22(33)15-10-20)31-29(36-2)7-4-8-30(31)38-32(26,37-28)21-12-16-23(34)17-13-21/h3-18,24,26H,19H2,1-2H3/b18-11+/t24?,26-,32+/m1/s1. The third kappa shape index (κ3) is 4.30. The minimum Gasteiger partial charge on any atom is -0.496 e. The van der Waals surface area contributed by atoms with Gasteiger partial charge >= 0.3 is 0 Å². The Balaban J connectivity index is 1.58. The molecule has 6 heteroatoms. The molecule has 192 valence electrons. The minimum absolute atomic E-state index is 0.0692. The fraction of sp³-hybridized carbons (Fsp3) is 0.188. The van der Waals surface area contributed by atoms with Crippen molar-refractivity contribution in [3.8, 4) is 23.0 Å². The third-order valence-electron chi connectivity index (χ3n) is 7.37.